The van der Waals surface area contributed by atoms with E-state index < -0.39 is 0 Å². The number of methoxy groups -OCH3 is 1. The van der Waals surface area contributed by atoms with Gasteiger partial charge in [-0.15, -0.1) is 0 Å². The summed E-state index contributed by atoms with van der Waals surface area (Å²) in [5.74, 6) is 1.29. The Balaban J connectivity index is 1.50. The van der Waals surface area contributed by atoms with Crippen LogP contribution in [-0.4, -0.2) is 28.1 Å². The molecule has 0 bridgehead atoms. The Bertz CT molecular complexity index is 1480. The summed E-state index contributed by atoms with van der Waals surface area (Å²) >= 11 is 6.88. The van der Waals surface area contributed by atoms with Gasteiger partial charge in [0.25, 0.3) is 5.56 Å². The second kappa shape index (κ2) is 9.48. The Labute approximate surface area is 210 Å². The topological polar surface area (TPSA) is 47.4 Å². The molecule has 0 fully saturated rings. The Morgan fingerprint density at radius 3 is 2.77 bits per heavy atom. The van der Waals surface area contributed by atoms with Gasteiger partial charge in [0.05, 0.1) is 12.5 Å². The van der Waals surface area contributed by atoms with E-state index >= 15 is 0 Å². The molecule has 180 valence electrons. The van der Waals surface area contributed by atoms with Crippen LogP contribution in [-0.2, 0) is 26.6 Å². The predicted molar refractivity (Wildman–Crippen MR) is 142 cm³/mol. The van der Waals surface area contributed by atoms with Gasteiger partial charge >= 0.3 is 0 Å². The van der Waals surface area contributed by atoms with Crippen LogP contribution in [0.1, 0.15) is 42.0 Å². The number of benzene rings is 2. The number of aryl methyl sites for hydroxylation is 1. The van der Waals surface area contributed by atoms with Crippen molar-refractivity contribution < 1.29 is 4.74 Å². The molecule has 1 aliphatic rings. The first kappa shape index (κ1) is 23.6. The van der Waals surface area contributed by atoms with E-state index in [1.807, 2.05) is 24.4 Å². The van der Waals surface area contributed by atoms with Crippen molar-refractivity contribution in [2.75, 3.05) is 13.7 Å². The summed E-state index contributed by atoms with van der Waals surface area (Å²) in [4.78, 5) is 19.2. The highest BCUT2D eigenvalue weighted by atomic mass is 35.5. The van der Waals surface area contributed by atoms with Crippen LogP contribution < -0.4 is 10.3 Å². The summed E-state index contributed by atoms with van der Waals surface area (Å²) in [7, 11) is 3.44. The highest BCUT2D eigenvalue weighted by Gasteiger charge is 2.22. The Morgan fingerprint density at radius 1 is 1.17 bits per heavy atom. The van der Waals surface area contributed by atoms with Gasteiger partial charge < -0.3 is 9.30 Å². The van der Waals surface area contributed by atoms with Crippen molar-refractivity contribution >= 4 is 22.4 Å². The fourth-order valence-corrected chi connectivity index (χ4v) is 5.51. The van der Waals surface area contributed by atoms with Gasteiger partial charge in [0.15, 0.2) is 0 Å². The smallest absolute Gasteiger partial charge is 0.259 e. The monoisotopic (exact) mass is 487 g/mol. The molecule has 0 N–H and O–H groups in total. The average Bonchev–Trinajstić information content (AvgIpc) is 2.86. The van der Waals surface area contributed by atoms with Crippen molar-refractivity contribution in [1.82, 2.24) is 14.5 Å². The molecule has 35 heavy (non-hydrogen) atoms. The van der Waals surface area contributed by atoms with E-state index in [-0.39, 0.29) is 5.56 Å². The normalized spacial score (nSPS) is 13.9. The van der Waals surface area contributed by atoms with Crippen molar-refractivity contribution in [3.63, 3.8) is 0 Å². The fraction of sp³-hybridized carbons (Fsp3) is 0.310. The molecule has 1 aliphatic heterocycles. The minimum Gasteiger partial charge on any atom is -0.496 e. The van der Waals surface area contributed by atoms with Crippen molar-refractivity contribution in [2.24, 2.45) is 7.05 Å². The summed E-state index contributed by atoms with van der Waals surface area (Å²) in [6.45, 7) is 7.12. The zero-order valence-electron chi connectivity index (χ0n) is 20.6. The highest BCUT2D eigenvalue weighted by molar-refractivity contribution is 6.32. The third-order valence-corrected chi connectivity index (χ3v) is 7.39. The van der Waals surface area contributed by atoms with Crippen molar-refractivity contribution in [2.45, 2.75) is 39.3 Å². The Morgan fingerprint density at radius 2 is 2.00 bits per heavy atom. The van der Waals surface area contributed by atoms with Gasteiger partial charge in [-0.2, -0.15) is 0 Å². The first-order chi connectivity index (χ1) is 16.9. The minimum atomic E-state index is -0.0717. The number of hydrogen-bond acceptors (Lipinski definition) is 4. The minimum absolute atomic E-state index is 0.0717. The summed E-state index contributed by atoms with van der Waals surface area (Å²) < 4.78 is 7.41. The molecule has 0 amide bonds. The van der Waals surface area contributed by atoms with Crippen LogP contribution >= 0.6 is 11.6 Å². The molecule has 0 saturated carbocycles. The summed E-state index contributed by atoms with van der Waals surface area (Å²) in [6.07, 6.45) is 6.22. The second-order valence-electron chi connectivity index (χ2n) is 9.62. The zero-order valence-corrected chi connectivity index (χ0v) is 21.4. The highest BCUT2D eigenvalue weighted by Crippen LogP contribution is 2.37. The van der Waals surface area contributed by atoms with Gasteiger partial charge in [-0.1, -0.05) is 43.6 Å². The molecule has 0 radical (unpaired) electrons. The molecule has 3 heterocycles. The van der Waals surface area contributed by atoms with Crippen LogP contribution in [0.4, 0.5) is 0 Å². The van der Waals surface area contributed by atoms with Gasteiger partial charge in [-0.3, -0.25) is 14.7 Å². The third-order valence-electron chi connectivity index (χ3n) is 7.06. The Hall–Kier alpha value is -3.15. The fourth-order valence-electron chi connectivity index (χ4n) is 5.24. The van der Waals surface area contributed by atoms with Crippen molar-refractivity contribution in [3.8, 4) is 16.9 Å². The molecule has 0 spiro atoms. The van der Waals surface area contributed by atoms with E-state index in [0.29, 0.717) is 22.9 Å². The maximum atomic E-state index is 12.6. The van der Waals surface area contributed by atoms with Crippen LogP contribution in [0.2, 0.25) is 5.02 Å². The number of ether oxygens (including phenoxy) is 1. The van der Waals surface area contributed by atoms with Crippen LogP contribution in [0.25, 0.3) is 21.9 Å². The van der Waals surface area contributed by atoms with Gasteiger partial charge in [-0.05, 0) is 58.2 Å². The quantitative estimate of drug-likeness (QED) is 0.349. The molecule has 2 aromatic heterocycles. The maximum absolute atomic E-state index is 12.6. The van der Waals surface area contributed by atoms with Crippen LogP contribution in [0.15, 0.2) is 59.8 Å². The lowest BCUT2D eigenvalue weighted by atomic mass is 9.89. The SMILES string of the molecule is COc1cc(-c2cn(C)c(=O)c3cnccc23)cc(Cl)c1CN1CCc2c(cccc2C(C)C)C1. The number of fused-ring (bicyclic) bond motifs is 2. The first-order valence-corrected chi connectivity index (χ1v) is 12.4. The molecule has 6 heteroatoms. The van der Waals surface area contributed by atoms with Gasteiger partial charge in [-0.25, -0.2) is 0 Å². The third kappa shape index (κ3) is 4.35. The summed E-state index contributed by atoms with van der Waals surface area (Å²) in [5.41, 5.74) is 7.11. The van der Waals surface area contributed by atoms with E-state index in [9.17, 15) is 4.79 Å². The summed E-state index contributed by atoms with van der Waals surface area (Å²) in [5, 5.41) is 2.10. The standard InChI is InChI=1S/C29H30ClN3O2/c1-18(2)21-7-5-6-19-15-33(11-9-22(19)21)17-26-27(30)12-20(13-28(26)35-4)25-16-32(3)29(34)24-14-31-10-8-23(24)25/h5-8,10,12-14,16,18H,9,11,15,17H2,1-4H3. The lowest BCUT2D eigenvalue weighted by Gasteiger charge is -2.31. The number of hydrogen-bond donors (Lipinski definition) is 0. The second-order valence-corrected chi connectivity index (χ2v) is 10.0. The van der Waals surface area contributed by atoms with E-state index in [1.165, 1.54) is 16.7 Å². The number of aromatic nitrogens is 2. The Kier molecular flexibility index (Phi) is 6.39. The molecule has 4 aromatic rings. The molecule has 0 saturated heterocycles. The molecule has 0 aliphatic carbocycles. The van der Waals surface area contributed by atoms with Gasteiger partial charge in [0.1, 0.15) is 5.75 Å². The molecule has 0 atom stereocenters. The lowest BCUT2D eigenvalue weighted by molar-refractivity contribution is 0.241. The van der Waals surface area contributed by atoms with E-state index in [0.717, 1.165) is 47.3 Å². The number of rotatable bonds is 5. The van der Waals surface area contributed by atoms with Crippen molar-refractivity contribution in [1.29, 1.82) is 0 Å². The number of nitrogens with zero attached hydrogens (tertiary/aromatic N) is 3. The van der Waals surface area contributed by atoms with Crippen LogP contribution in [0.3, 0.4) is 0 Å². The largest absolute Gasteiger partial charge is 0.496 e. The molecule has 2 aromatic carbocycles. The molecule has 5 rings (SSSR count). The van der Waals surface area contributed by atoms with Crippen LogP contribution in [0, 0.1) is 0 Å². The van der Waals surface area contributed by atoms with E-state index in [4.69, 9.17) is 16.3 Å². The first-order valence-electron chi connectivity index (χ1n) is 12.0. The number of pyridine rings is 2. The van der Waals surface area contributed by atoms with E-state index in [1.54, 1.807) is 31.1 Å². The maximum Gasteiger partial charge on any atom is 0.259 e. The number of halogens is 1. The van der Waals surface area contributed by atoms with Crippen LogP contribution in [0.5, 0.6) is 5.75 Å². The van der Waals surface area contributed by atoms with Crippen molar-refractivity contribution in [3.05, 3.63) is 92.6 Å². The average molecular weight is 488 g/mol. The van der Waals surface area contributed by atoms with Gasteiger partial charge in [0, 0.05) is 61.4 Å². The molecular weight excluding hydrogens is 458 g/mol. The van der Waals surface area contributed by atoms with Gasteiger partial charge in [0.2, 0.25) is 0 Å². The zero-order chi connectivity index (χ0) is 24.7. The molecule has 5 nitrogen and oxygen atoms in total. The predicted octanol–water partition coefficient (Wildman–Crippen LogP) is 5.94. The lowest BCUT2D eigenvalue weighted by Crippen LogP contribution is -2.31. The molecular formula is C29H30ClN3O2. The summed E-state index contributed by atoms with van der Waals surface area (Å²) in [6, 6.07) is 12.6. The van der Waals surface area contributed by atoms with E-state index in [2.05, 4.69) is 41.9 Å². The molecule has 0 unspecified atom stereocenters.